The van der Waals surface area contributed by atoms with Crippen molar-refractivity contribution in [2.45, 2.75) is 19.1 Å². The Hall–Kier alpha value is -2.02. The zero-order valence-electron chi connectivity index (χ0n) is 10.8. The van der Waals surface area contributed by atoms with Crippen LogP contribution in [0.15, 0.2) is 18.2 Å². The van der Waals surface area contributed by atoms with Gasteiger partial charge < -0.3 is 15.4 Å². The highest BCUT2D eigenvalue weighted by Crippen LogP contribution is 2.35. The van der Waals surface area contributed by atoms with E-state index in [0.717, 1.165) is 12.1 Å². The fourth-order valence-corrected chi connectivity index (χ4v) is 2.29. The van der Waals surface area contributed by atoms with Crippen LogP contribution in [0.4, 0.5) is 13.2 Å². The first kappa shape index (κ1) is 14.4. The van der Waals surface area contributed by atoms with E-state index in [9.17, 15) is 18.0 Å². The number of halogens is 3. The number of hydrogen-bond acceptors (Lipinski definition) is 2. The maximum Gasteiger partial charge on any atom is 0.416 e. The van der Waals surface area contributed by atoms with E-state index < -0.39 is 23.8 Å². The van der Waals surface area contributed by atoms with Gasteiger partial charge in [0, 0.05) is 29.2 Å². The van der Waals surface area contributed by atoms with Gasteiger partial charge in [0.1, 0.15) is 6.04 Å². The molecule has 2 aromatic rings. The molecule has 0 fully saturated rings. The summed E-state index contributed by atoms with van der Waals surface area (Å²) < 4.78 is 39.7. The molecule has 3 N–H and O–H groups in total. The lowest BCUT2D eigenvalue weighted by Gasteiger charge is -2.08. The van der Waals surface area contributed by atoms with Crippen LogP contribution in [0.1, 0.15) is 22.9 Å². The molecule has 20 heavy (non-hydrogen) atoms. The molecule has 2 rings (SSSR count). The van der Waals surface area contributed by atoms with Crippen LogP contribution in [0.3, 0.4) is 0 Å². The summed E-state index contributed by atoms with van der Waals surface area (Å²) in [6, 6.07) is 1.93. The van der Waals surface area contributed by atoms with Gasteiger partial charge in [-0.2, -0.15) is 13.2 Å². The number of fused-ring (bicyclic) bond motifs is 1. The number of carboxylic acids is 1. The van der Waals surface area contributed by atoms with Crippen molar-refractivity contribution in [1.82, 2.24) is 4.57 Å². The van der Waals surface area contributed by atoms with E-state index in [1.807, 2.05) is 0 Å². The zero-order chi connectivity index (χ0) is 15.2. The molecule has 1 atom stereocenters. The standard InChI is InChI=1S/C13H13F3N2O2/c1-6-10(11(17)12(19)20)8-4-3-7(13(14,15)16)5-9(8)18(6)2/h3-5,11H,17H2,1-2H3,(H,19,20). The molecule has 0 amide bonds. The highest BCUT2D eigenvalue weighted by Gasteiger charge is 2.32. The summed E-state index contributed by atoms with van der Waals surface area (Å²) in [5.41, 5.74) is 6.01. The average molecular weight is 286 g/mol. The smallest absolute Gasteiger partial charge is 0.416 e. The molecule has 0 aliphatic carbocycles. The number of carbonyl (C=O) groups is 1. The second-order valence-corrected chi connectivity index (χ2v) is 4.60. The highest BCUT2D eigenvalue weighted by molar-refractivity contribution is 5.91. The monoisotopic (exact) mass is 286 g/mol. The average Bonchev–Trinajstić information content (AvgIpc) is 2.60. The second-order valence-electron chi connectivity index (χ2n) is 4.60. The topological polar surface area (TPSA) is 68.2 Å². The van der Waals surface area contributed by atoms with Crippen molar-refractivity contribution in [2.24, 2.45) is 12.8 Å². The largest absolute Gasteiger partial charge is 0.480 e. The molecule has 4 nitrogen and oxygen atoms in total. The number of rotatable bonds is 2. The van der Waals surface area contributed by atoms with Gasteiger partial charge in [0.15, 0.2) is 0 Å². The van der Waals surface area contributed by atoms with Gasteiger partial charge in [0.25, 0.3) is 0 Å². The van der Waals surface area contributed by atoms with E-state index in [2.05, 4.69) is 0 Å². The molecular formula is C13H13F3N2O2. The van der Waals surface area contributed by atoms with Crippen molar-refractivity contribution < 1.29 is 23.1 Å². The number of nitrogens with zero attached hydrogens (tertiary/aromatic N) is 1. The van der Waals surface area contributed by atoms with E-state index in [0.29, 0.717) is 22.2 Å². The van der Waals surface area contributed by atoms with Gasteiger partial charge in [-0.1, -0.05) is 6.07 Å². The van der Waals surface area contributed by atoms with Crippen LogP contribution in [-0.2, 0) is 18.0 Å². The molecular weight excluding hydrogens is 273 g/mol. The Morgan fingerprint density at radius 2 is 2.00 bits per heavy atom. The Morgan fingerprint density at radius 1 is 1.40 bits per heavy atom. The van der Waals surface area contributed by atoms with E-state index in [-0.39, 0.29) is 0 Å². The van der Waals surface area contributed by atoms with Crippen molar-refractivity contribution in [3.8, 4) is 0 Å². The van der Waals surface area contributed by atoms with E-state index in [4.69, 9.17) is 10.8 Å². The van der Waals surface area contributed by atoms with E-state index in [1.165, 1.54) is 10.6 Å². The molecule has 1 heterocycles. The lowest BCUT2D eigenvalue weighted by Crippen LogP contribution is -2.21. The number of benzene rings is 1. The lowest BCUT2D eigenvalue weighted by molar-refractivity contribution is -0.139. The molecule has 108 valence electrons. The normalized spacial score (nSPS) is 13.7. The second kappa shape index (κ2) is 4.52. The predicted octanol–water partition coefficient (Wildman–Crippen LogP) is 2.59. The highest BCUT2D eigenvalue weighted by atomic mass is 19.4. The van der Waals surface area contributed by atoms with Crippen molar-refractivity contribution >= 4 is 16.9 Å². The van der Waals surface area contributed by atoms with Crippen molar-refractivity contribution in [3.63, 3.8) is 0 Å². The predicted molar refractivity (Wildman–Crippen MR) is 67.2 cm³/mol. The lowest BCUT2D eigenvalue weighted by atomic mass is 10.0. The molecule has 0 aliphatic rings. The third-order valence-electron chi connectivity index (χ3n) is 3.45. The molecule has 0 saturated heterocycles. The van der Waals surface area contributed by atoms with Crippen molar-refractivity contribution in [3.05, 3.63) is 35.0 Å². The number of alkyl halides is 3. The minimum atomic E-state index is -4.44. The van der Waals surface area contributed by atoms with Crippen LogP contribution in [0.2, 0.25) is 0 Å². The summed E-state index contributed by atoms with van der Waals surface area (Å²) >= 11 is 0. The van der Waals surface area contributed by atoms with Crippen LogP contribution in [0, 0.1) is 6.92 Å². The van der Waals surface area contributed by atoms with Crippen LogP contribution in [-0.4, -0.2) is 15.6 Å². The first-order valence-electron chi connectivity index (χ1n) is 5.79. The first-order chi connectivity index (χ1) is 9.14. The Labute approximate surface area is 112 Å². The Balaban J connectivity index is 2.75. The van der Waals surface area contributed by atoms with Gasteiger partial charge in [0.05, 0.1) is 5.56 Å². The summed E-state index contributed by atoms with van der Waals surface area (Å²) in [4.78, 5) is 11.0. The maximum absolute atomic E-state index is 12.7. The molecule has 0 spiro atoms. The minimum Gasteiger partial charge on any atom is -0.480 e. The molecule has 1 unspecified atom stereocenters. The number of carboxylic acid groups (broad SMARTS) is 1. The molecule has 1 aromatic carbocycles. The summed E-state index contributed by atoms with van der Waals surface area (Å²) in [6.07, 6.45) is -4.44. The third kappa shape index (κ3) is 2.14. The summed E-state index contributed by atoms with van der Waals surface area (Å²) in [5.74, 6) is -1.22. The number of aryl methyl sites for hydroxylation is 1. The molecule has 7 heteroatoms. The number of nitrogens with two attached hydrogens (primary N) is 1. The number of aliphatic carboxylic acids is 1. The van der Waals surface area contributed by atoms with E-state index in [1.54, 1.807) is 14.0 Å². The molecule has 0 radical (unpaired) electrons. The van der Waals surface area contributed by atoms with Crippen LogP contribution >= 0.6 is 0 Å². The van der Waals surface area contributed by atoms with Crippen LogP contribution in [0.25, 0.3) is 10.9 Å². The van der Waals surface area contributed by atoms with Gasteiger partial charge in [-0.05, 0) is 19.1 Å². The van der Waals surface area contributed by atoms with Gasteiger partial charge in [0.2, 0.25) is 0 Å². The quantitative estimate of drug-likeness (QED) is 0.891. The summed E-state index contributed by atoms with van der Waals surface area (Å²) in [5, 5.41) is 9.42. The van der Waals surface area contributed by atoms with Gasteiger partial charge in [-0.15, -0.1) is 0 Å². The maximum atomic E-state index is 12.7. The Bertz CT molecular complexity index is 689. The van der Waals surface area contributed by atoms with Crippen LogP contribution < -0.4 is 5.73 Å². The van der Waals surface area contributed by atoms with Crippen LogP contribution in [0.5, 0.6) is 0 Å². The van der Waals surface area contributed by atoms with Gasteiger partial charge >= 0.3 is 12.1 Å². The Morgan fingerprint density at radius 3 is 2.50 bits per heavy atom. The van der Waals surface area contributed by atoms with Gasteiger partial charge in [-0.3, -0.25) is 4.79 Å². The fourth-order valence-electron chi connectivity index (χ4n) is 2.29. The van der Waals surface area contributed by atoms with Crippen molar-refractivity contribution in [2.75, 3.05) is 0 Å². The Kier molecular flexibility index (Phi) is 3.25. The SMILES string of the molecule is Cc1c(C(N)C(=O)O)c2ccc(C(F)(F)F)cc2n1C. The molecule has 0 saturated carbocycles. The summed E-state index contributed by atoms with van der Waals surface area (Å²) in [6.45, 7) is 1.63. The summed E-state index contributed by atoms with van der Waals surface area (Å²) in [7, 11) is 1.58. The number of hydrogen-bond donors (Lipinski definition) is 2. The minimum absolute atomic E-state index is 0.309. The fraction of sp³-hybridized carbons (Fsp3) is 0.308. The van der Waals surface area contributed by atoms with Gasteiger partial charge in [-0.25, -0.2) is 0 Å². The van der Waals surface area contributed by atoms with E-state index >= 15 is 0 Å². The zero-order valence-corrected chi connectivity index (χ0v) is 10.8. The van der Waals surface area contributed by atoms with Crippen molar-refractivity contribution in [1.29, 1.82) is 0 Å². The molecule has 0 bridgehead atoms. The first-order valence-corrected chi connectivity index (χ1v) is 5.79. The number of aromatic nitrogens is 1. The molecule has 0 aliphatic heterocycles. The third-order valence-corrected chi connectivity index (χ3v) is 3.45. The molecule has 1 aromatic heterocycles.